The Morgan fingerprint density at radius 2 is 2.25 bits per heavy atom. The Morgan fingerprint density at radius 3 is 2.94 bits per heavy atom. The minimum absolute atomic E-state index is 0.0872. The fourth-order valence-electron chi connectivity index (χ4n) is 2.36. The third kappa shape index (κ3) is 2.68. The molecule has 0 N–H and O–H groups in total. The smallest absolute Gasteiger partial charge is 0.00513 e. The maximum atomic E-state index is 3.81. The van der Waals surface area contributed by atoms with Crippen molar-refractivity contribution in [3.05, 3.63) is 41.0 Å². The first-order valence-corrected chi connectivity index (χ1v) is 7.99. The molecule has 1 aliphatic rings. The van der Waals surface area contributed by atoms with Gasteiger partial charge in [0.15, 0.2) is 0 Å². The molecule has 1 atom stereocenters. The zero-order valence-electron chi connectivity index (χ0n) is 10.2. The minimum Gasteiger partial charge on any atom is -0.124 e. The molecule has 16 heavy (non-hydrogen) atoms. The SMILES string of the molecule is C=CCC1=Cc2cp(CCCCC)cc2C1. The monoisotopic (exact) mass is 232 g/mol. The molecule has 0 saturated carbocycles. The molecule has 1 heteroatoms. The van der Waals surface area contributed by atoms with Crippen LogP contribution in [0.25, 0.3) is 6.08 Å². The molecule has 0 amide bonds. The average Bonchev–Trinajstić information content (AvgIpc) is 2.76. The predicted molar refractivity (Wildman–Crippen MR) is 75.2 cm³/mol. The molecule has 0 radical (unpaired) electrons. The number of aryl methyl sites for hydroxylation is 1. The van der Waals surface area contributed by atoms with E-state index in [0.717, 1.165) is 6.42 Å². The molecular formula is C15H21P. The van der Waals surface area contributed by atoms with Crippen molar-refractivity contribution in [2.75, 3.05) is 0 Å². The van der Waals surface area contributed by atoms with E-state index in [1.54, 1.807) is 5.56 Å². The molecule has 0 spiro atoms. The van der Waals surface area contributed by atoms with E-state index in [0.29, 0.717) is 0 Å². The van der Waals surface area contributed by atoms with Crippen LogP contribution in [-0.4, -0.2) is 0 Å². The molecular weight excluding hydrogens is 211 g/mol. The third-order valence-corrected chi connectivity index (χ3v) is 5.29. The Hall–Kier alpha value is -0.740. The van der Waals surface area contributed by atoms with E-state index in [4.69, 9.17) is 0 Å². The van der Waals surface area contributed by atoms with Gasteiger partial charge in [-0.05, 0) is 48.1 Å². The number of unbranched alkanes of at least 4 members (excludes halogenated alkanes) is 2. The number of fused-ring (bicyclic) bond motifs is 1. The van der Waals surface area contributed by atoms with Gasteiger partial charge in [0.2, 0.25) is 0 Å². The zero-order chi connectivity index (χ0) is 11.4. The highest BCUT2D eigenvalue weighted by atomic mass is 31.1. The van der Waals surface area contributed by atoms with Crippen molar-refractivity contribution >= 4 is 13.6 Å². The van der Waals surface area contributed by atoms with Gasteiger partial charge in [0, 0.05) is 0 Å². The zero-order valence-corrected chi connectivity index (χ0v) is 11.1. The van der Waals surface area contributed by atoms with Crippen molar-refractivity contribution in [1.82, 2.24) is 0 Å². The van der Waals surface area contributed by atoms with Gasteiger partial charge in [0.05, 0.1) is 0 Å². The van der Waals surface area contributed by atoms with E-state index >= 15 is 0 Å². The van der Waals surface area contributed by atoms with Crippen LogP contribution in [0.5, 0.6) is 0 Å². The van der Waals surface area contributed by atoms with Gasteiger partial charge in [0.1, 0.15) is 0 Å². The summed E-state index contributed by atoms with van der Waals surface area (Å²) in [6.45, 7) is 6.08. The Bertz CT molecular complexity index is 396. The number of hydrogen-bond donors (Lipinski definition) is 0. The predicted octanol–water partition coefficient (Wildman–Crippen LogP) is 5.38. The van der Waals surface area contributed by atoms with Crippen LogP contribution in [0, 0.1) is 0 Å². The number of hydrogen-bond acceptors (Lipinski definition) is 0. The molecule has 1 heterocycles. The van der Waals surface area contributed by atoms with E-state index in [-0.39, 0.29) is 7.53 Å². The lowest BCUT2D eigenvalue weighted by Crippen LogP contribution is -1.80. The summed E-state index contributed by atoms with van der Waals surface area (Å²) in [5.41, 5.74) is 4.66. The van der Waals surface area contributed by atoms with Crippen LogP contribution in [0.2, 0.25) is 0 Å². The van der Waals surface area contributed by atoms with E-state index < -0.39 is 0 Å². The highest BCUT2D eigenvalue weighted by Crippen LogP contribution is 2.41. The third-order valence-electron chi connectivity index (χ3n) is 3.20. The summed E-state index contributed by atoms with van der Waals surface area (Å²) < 4.78 is 0. The van der Waals surface area contributed by atoms with Crippen molar-refractivity contribution in [3.63, 3.8) is 0 Å². The van der Waals surface area contributed by atoms with Gasteiger partial charge >= 0.3 is 0 Å². The van der Waals surface area contributed by atoms with Gasteiger partial charge in [-0.1, -0.05) is 37.5 Å². The fraction of sp³-hybridized carbons (Fsp3) is 0.467. The van der Waals surface area contributed by atoms with Crippen LogP contribution in [0.1, 0.15) is 43.7 Å². The summed E-state index contributed by atoms with van der Waals surface area (Å²) in [5, 5.41) is 0. The van der Waals surface area contributed by atoms with Crippen LogP contribution in [0.15, 0.2) is 29.8 Å². The highest BCUT2D eigenvalue weighted by molar-refractivity contribution is 7.47. The normalized spacial score (nSPS) is 14.8. The second-order valence-corrected chi connectivity index (χ2v) is 6.65. The van der Waals surface area contributed by atoms with Crippen LogP contribution in [0.4, 0.5) is 0 Å². The quantitative estimate of drug-likeness (QED) is 0.456. The molecule has 1 unspecified atom stereocenters. The van der Waals surface area contributed by atoms with Crippen molar-refractivity contribution < 1.29 is 0 Å². The van der Waals surface area contributed by atoms with Crippen LogP contribution >= 0.6 is 7.53 Å². The van der Waals surface area contributed by atoms with Gasteiger partial charge in [-0.2, -0.15) is 0 Å². The van der Waals surface area contributed by atoms with E-state index in [2.05, 4.69) is 31.2 Å². The maximum absolute atomic E-state index is 3.81. The number of rotatable bonds is 6. The van der Waals surface area contributed by atoms with Crippen molar-refractivity contribution in [1.29, 1.82) is 0 Å². The van der Waals surface area contributed by atoms with Crippen LogP contribution in [-0.2, 0) is 12.6 Å². The van der Waals surface area contributed by atoms with Gasteiger partial charge < -0.3 is 0 Å². The summed E-state index contributed by atoms with van der Waals surface area (Å²) in [5.74, 6) is 5.07. The van der Waals surface area contributed by atoms with E-state index in [9.17, 15) is 0 Å². The molecule has 0 aromatic carbocycles. The highest BCUT2D eigenvalue weighted by Gasteiger charge is 2.13. The Morgan fingerprint density at radius 1 is 1.38 bits per heavy atom. The van der Waals surface area contributed by atoms with Crippen molar-refractivity contribution in [2.24, 2.45) is 0 Å². The standard InChI is InChI=1S/C15H21P/c1-3-5-6-8-16-11-14-9-13(7-4-2)10-15(14)12-16/h4,9,11-12H,2-3,5-8,10H2,1H3. The lowest BCUT2D eigenvalue weighted by atomic mass is 10.1. The topological polar surface area (TPSA) is 0 Å². The molecule has 2 rings (SSSR count). The summed E-state index contributed by atoms with van der Waals surface area (Å²) in [7, 11) is 0.0872. The Balaban J connectivity index is 1.96. The Kier molecular flexibility index (Phi) is 4.07. The van der Waals surface area contributed by atoms with Gasteiger partial charge in [0.25, 0.3) is 0 Å². The summed E-state index contributed by atoms with van der Waals surface area (Å²) >= 11 is 0. The maximum Gasteiger partial charge on any atom is -0.00513 e. The molecule has 1 aliphatic carbocycles. The molecule has 0 nitrogen and oxygen atoms in total. The average molecular weight is 232 g/mol. The summed E-state index contributed by atoms with van der Waals surface area (Å²) in [6, 6.07) is 0. The number of allylic oxidation sites excluding steroid dienone is 2. The molecule has 0 bridgehead atoms. The molecule has 0 fully saturated rings. The molecule has 1 aromatic rings. The lowest BCUT2D eigenvalue weighted by molar-refractivity contribution is 0.753. The minimum atomic E-state index is 0.0872. The first kappa shape index (κ1) is 11.7. The van der Waals surface area contributed by atoms with E-state index in [1.807, 2.05) is 6.08 Å². The molecule has 0 aliphatic heterocycles. The first-order chi connectivity index (χ1) is 7.83. The molecule has 86 valence electrons. The first-order valence-electron chi connectivity index (χ1n) is 6.32. The second kappa shape index (κ2) is 5.55. The Labute approximate surface area is 100 Å². The molecule has 0 saturated heterocycles. The van der Waals surface area contributed by atoms with Crippen LogP contribution < -0.4 is 0 Å². The van der Waals surface area contributed by atoms with Gasteiger partial charge in [-0.25, -0.2) is 0 Å². The van der Waals surface area contributed by atoms with Crippen LogP contribution in [0.3, 0.4) is 0 Å². The fourth-order valence-corrected chi connectivity index (χ4v) is 4.52. The lowest BCUT2D eigenvalue weighted by Gasteiger charge is -1.98. The van der Waals surface area contributed by atoms with Crippen molar-refractivity contribution in [2.45, 2.75) is 45.2 Å². The summed E-state index contributed by atoms with van der Waals surface area (Å²) in [4.78, 5) is 0. The molecule has 1 aromatic heterocycles. The summed E-state index contributed by atoms with van der Waals surface area (Å²) in [6.07, 6.45) is 12.2. The van der Waals surface area contributed by atoms with E-state index in [1.165, 1.54) is 43.0 Å². The second-order valence-electron chi connectivity index (χ2n) is 4.66. The largest absolute Gasteiger partial charge is 0.124 e. The van der Waals surface area contributed by atoms with Crippen molar-refractivity contribution in [3.8, 4) is 0 Å². The van der Waals surface area contributed by atoms with Gasteiger partial charge in [-0.15, -0.1) is 14.1 Å². The van der Waals surface area contributed by atoms with Gasteiger partial charge in [-0.3, -0.25) is 0 Å².